The number of nitrogens with one attached hydrogen (secondary N) is 1. The van der Waals surface area contributed by atoms with E-state index in [1.807, 2.05) is 0 Å². The van der Waals surface area contributed by atoms with Gasteiger partial charge in [-0.05, 0) is 18.8 Å². The van der Waals surface area contributed by atoms with Crippen LogP contribution in [0.3, 0.4) is 0 Å². The second kappa shape index (κ2) is 6.26. The molecule has 0 fully saturated rings. The largest absolute Gasteiger partial charge is 0.389 e. The lowest BCUT2D eigenvalue weighted by atomic mass is 10.1. The van der Waals surface area contributed by atoms with Crippen molar-refractivity contribution in [3.05, 3.63) is 12.3 Å². The van der Waals surface area contributed by atoms with E-state index in [2.05, 4.69) is 32.7 Å². The minimum atomic E-state index is 0.719. The zero-order valence-electron chi connectivity index (χ0n) is 8.11. The molecule has 1 N–H and O–H groups in total. The molecule has 11 heavy (non-hydrogen) atoms. The number of rotatable bonds is 6. The summed E-state index contributed by atoms with van der Waals surface area (Å²) >= 11 is 0. The average Bonchev–Trinajstić information content (AvgIpc) is 1.86. The summed E-state index contributed by atoms with van der Waals surface area (Å²) in [6, 6.07) is 0. The molecule has 0 aliphatic heterocycles. The van der Waals surface area contributed by atoms with E-state index in [0.717, 1.165) is 18.9 Å². The van der Waals surface area contributed by atoms with E-state index in [0.29, 0.717) is 0 Å². The fourth-order valence-corrected chi connectivity index (χ4v) is 1.01. The van der Waals surface area contributed by atoms with E-state index < -0.39 is 0 Å². The third kappa shape index (κ3) is 7.44. The zero-order valence-corrected chi connectivity index (χ0v) is 8.11. The Morgan fingerprint density at radius 2 is 2.09 bits per heavy atom. The van der Waals surface area contributed by atoms with E-state index in [4.69, 9.17) is 0 Å². The maximum atomic E-state index is 3.96. The van der Waals surface area contributed by atoms with Gasteiger partial charge in [0, 0.05) is 12.2 Å². The topological polar surface area (TPSA) is 12.0 Å². The van der Waals surface area contributed by atoms with E-state index in [-0.39, 0.29) is 0 Å². The smallest absolute Gasteiger partial charge is 0.0143 e. The van der Waals surface area contributed by atoms with Gasteiger partial charge in [0.2, 0.25) is 0 Å². The Morgan fingerprint density at radius 1 is 1.45 bits per heavy atom. The summed E-state index contributed by atoms with van der Waals surface area (Å²) in [7, 11) is 0. The third-order valence-corrected chi connectivity index (χ3v) is 1.56. The molecule has 0 unspecified atom stereocenters. The SMILES string of the molecule is C=C(CC(C)C)NCCCC. The zero-order chi connectivity index (χ0) is 8.69. The maximum absolute atomic E-state index is 3.96. The van der Waals surface area contributed by atoms with E-state index in [9.17, 15) is 0 Å². The van der Waals surface area contributed by atoms with Crippen molar-refractivity contribution in [1.29, 1.82) is 0 Å². The van der Waals surface area contributed by atoms with Crippen LogP contribution >= 0.6 is 0 Å². The fourth-order valence-electron chi connectivity index (χ4n) is 1.01. The first-order valence-corrected chi connectivity index (χ1v) is 4.58. The van der Waals surface area contributed by atoms with Gasteiger partial charge in [0.25, 0.3) is 0 Å². The number of hydrogen-bond acceptors (Lipinski definition) is 1. The first kappa shape index (κ1) is 10.5. The Hall–Kier alpha value is -0.460. The molecule has 0 saturated carbocycles. The van der Waals surface area contributed by atoms with Crippen LogP contribution in [-0.4, -0.2) is 6.54 Å². The third-order valence-electron chi connectivity index (χ3n) is 1.56. The van der Waals surface area contributed by atoms with Crippen molar-refractivity contribution < 1.29 is 0 Å². The Balaban J connectivity index is 3.23. The summed E-state index contributed by atoms with van der Waals surface area (Å²) < 4.78 is 0. The summed E-state index contributed by atoms with van der Waals surface area (Å²) in [4.78, 5) is 0. The summed E-state index contributed by atoms with van der Waals surface area (Å²) in [5.41, 5.74) is 1.19. The molecule has 0 radical (unpaired) electrons. The molecule has 66 valence electrons. The van der Waals surface area contributed by atoms with Crippen LogP contribution in [0.1, 0.15) is 40.0 Å². The lowest BCUT2D eigenvalue weighted by Gasteiger charge is -2.10. The van der Waals surface area contributed by atoms with Gasteiger partial charge in [-0.3, -0.25) is 0 Å². The van der Waals surface area contributed by atoms with Crippen LogP contribution in [0.15, 0.2) is 12.3 Å². The lowest BCUT2D eigenvalue weighted by Crippen LogP contribution is -2.14. The van der Waals surface area contributed by atoms with Crippen LogP contribution < -0.4 is 5.32 Å². The second-order valence-corrected chi connectivity index (χ2v) is 3.48. The predicted molar refractivity (Wildman–Crippen MR) is 51.5 cm³/mol. The standard InChI is InChI=1S/C10H21N/c1-5-6-7-11-10(4)8-9(2)3/h9,11H,4-8H2,1-3H3. The van der Waals surface area contributed by atoms with Crippen LogP contribution in [-0.2, 0) is 0 Å². The first-order valence-electron chi connectivity index (χ1n) is 4.58. The predicted octanol–water partition coefficient (Wildman–Crippen LogP) is 2.94. The van der Waals surface area contributed by atoms with Crippen molar-refractivity contribution in [2.45, 2.75) is 40.0 Å². The van der Waals surface area contributed by atoms with Gasteiger partial charge in [0.05, 0.1) is 0 Å². The summed E-state index contributed by atoms with van der Waals surface area (Å²) in [6.45, 7) is 11.7. The first-order chi connectivity index (χ1) is 5.16. The molecule has 1 heteroatoms. The molecule has 0 heterocycles. The van der Waals surface area contributed by atoms with Crippen LogP contribution in [0, 0.1) is 5.92 Å². The molecule has 0 aromatic carbocycles. The van der Waals surface area contributed by atoms with Gasteiger partial charge in [0.1, 0.15) is 0 Å². The molecule has 0 saturated heterocycles. The molecule has 0 aliphatic carbocycles. The molecule has 0 bridgehead atoms. The maximum Gasteiger partial charge on any atom is 0.0143 e. The van der Waals surface area contributed by atoms with Crippen molar-refractivity contribution in [3.63, 3.8) is 0 Å². The van der Waals surface area contributed by atoms with Crippen molar-refractivity contribution in [3.8, 4) is 0 Å². The van der Waals surface area contributed by atoms with Gasteiger partial charge < -0.3 is 5.32 Å². The van der Waals surface area contributed by atoms with Gasteiger partial charge in [0.15, 0.2) is 0 Å². The highest BCUT2D eigenvalue weighted by Gasteiger charge is 1.96. The van der Waals surface area contributed by atoms with Crippen LogP contribution in [0.25, 0.3) is 0 Å². The molecule has 0 spiro atoms. The molecule has 0 aromatic heterocycles. The molecule has 0 atom stereocenters. The van der Waals surface area contributed by atoms with Gasteiger partial charge >= 0.3 is 0 Å². The minimum absolute atomic E-state index is 0.719. The van der Waals surface area contributed by atoms with Crippen molar-refractivity contribution in [1.82, 2.24) is 5.32 Å². The van der Waals surface area contributed by atoms with Crippen molar-refractivity contribution in [2.75, 3.05) is 6.54 Å². The molecular weight excluding hydrogens is 134 g/mol. The summed E-state index contributed by atoms with van der Waals surface area (Å²) in [5.74, 6) is 0.719. The summed E-state index contributed by atoms with van der Waals surface area (Å²) in [5, 5.41) is 3.32. The van der Waals surface area contributed by atoms with E-state index in [1.54, 1.807) is 0 Å². The van der Waals surface area contributed by atoms with Crippen LogP contribution in [0.4, 0.5) is 0 Å². The van der Waals surface area contributed by atoms with Gasteiger partial charge in [-0.2, -0.15) is 0 Å². The normalized spacial score (nSPS) is 10.2. The molecular formula is C10H21N. The number of allylic oxidation sites excluding steroid dienone is 1. The Bertz CT molecular complexity index is 105. The highest BCUT2D eigenvalue weighted by Crippen LogP contribution is 2.05. The quantitative estimate of drug-likeness (QED) is 0.581. The average molecular weight is 155 g/mol. The van der Waals surface area contributed by atoms with Crippen LogP contribution in [0.5, 0.6) is 0 Å². The Labute approximate surface area is 70.9 Å². The summed E-state index contributed by atoms with van der Waals surface area (Å²) in [6.07, 6.45) is 3.60. The van der Waals surface area contributed by atoms with E-state index >= 15 is 0 Å². The number of unbranched alkanes of at least 4 members (excludes halogenated alkanes) is 1. The Kier molecular flexibility index (Phi) is 6.00. The highest BCUT2D eigenvalue weighted by atomic mass is 14.9. The minimum Gasteiger partial charge on any atom is -0.389 e. The lowest BCUT2D eigenvalue weighted by molar-refractivity contribution is 0.593. The number of hydrogen-bond donors (Lipinski definition) is 1. The van der Waals surface area contributed by atoms with Gasteiger partial charge in [-0.1, -0.05) is 33.8 Å². The van der Waals surface area contributed by atoms with E-state index in [1.165, 1.54) is 18.5 Å². The highest BCUT2D eigenvalue weighted by molar-refractivity contribution is 4.91. The molecule has 0 aliphatic rings. The van der Waals surface area contributed by atoms with Crippen LogP contribution in [0.2, 0.25) is 0 Å². The second-order valence-electron chi connectivity index (χ2n) is 3.48. The molecule has 0 amide bonds. The van der Waals surface area contributed by atoms with Crippen molar-refractivity contribution in [2.24, 2.45) is 5.92 Å². The monoisotopic (exact) mass is 155 g/mol. The molecule has 1 nitrogen and oxygen atoms in total. The van der Waals surface area contributed by atoms with Crippen molar-refractivity contribution >= 4 is 0 Å². The van der Waals surface area contributed by atoms with Gasteiger partial charge in [-0.15, -0.1) is 0 Å². The Morgan fingerprint density at radius 3 is 2.55 bits per heavy atom. The molecule has 0 rings (SSSR count). The fraction of sp³-hybridized carbons (Fsp3) is 0.800. The van der Waals surface area contributed by atoms with Gasteiger partial charge in [-0.25, -0.2) is 0 Å². The molecule has 0 aromatic rings.